The topological polar surface area (TPSA) is 132 Å². The molecule has 0 saturated heterocycles. The monoisotopic (exact) mass is 450 g/mol. The summed E-state index contributed by atoms with van der Waals surface area (Å²) in [4.78, 5) is 25.0. The van der Waals surface area contributed by atoms with Crippen molar-refractivity contribution in [1.29, 1.82) is 0 Å². The third-order valence-electron chi connectivity index (χ3n) is 3.29. The van der Waals surface area contributed by atoms with Crippen LogP contribution in [0.1, 0.15) is 11.1 Å². The number of alkyl halides is 3. The van der Waals surface area contributed by atoms with Gasteiger partial charge in [0.15, 0.2) is 5.03 Å². The molecule has 0 aliphatic heterocycles. The Kier molecular flexibility index (Phi) is 6.54. The highest BCUT2D eigenvalue weighted by atomic mass is 35.5. The number of sulfone groups is 1. The number of nitrogens with zero attached hydrogens (tertiary/aromatic N) is 3. The summed E-state index contributed by atoms with van der Waals surface area (Å²) in [5.41, 5.74) is 0.556. The number of non-ortho nitro benzene ring substituents is 1. The molecule has 0 spiro atoms. The second-order valence-electron chi connectivity index (χ2n) is 5.40. The largest absolute Gasteiger partial charge is 0.417 e. The van der Waals surface area contributed by atoms with Crippen molar-refractivity contribution in [2.75, 3.05) is 5.75 Å². The number of hydrogen-bond acceptors (Lipinski definition) is 7. The number of benzene rings is 1. The summed E-state index contributed by atoms with van der Waals surface area (Å²) in [5, 5.41) is 13.6. The highest BCUT2D eigenvalue weighted by Gasteiger charge is 2.31. The molecule has 0 radical (unpaired) electrons. The molecule has 0 unspecified atom stereocenters. The summed E-state index contributed by atoms with van der Waals surface area (Å²) in [7, 11) is -4.32. The van der Waals surface area contributed by atoms with Crippen LogP contribution in [0.15, 0.2) is 46.7 Å². The predicted octanol–water partition coefficient (Wildman–Crippen LogP) is 2.59. The number of carbonyl (C=O) groups excluding carboxylic acids is 1. The number of amides is 1. The Balaban J connectivity index is 2.06. The molecule has 9 nitrogen and oxygen atoms in total. The van der Waals surface area contributed by atoms with Gasteiger partial charge in [0.05, 0.1) is 16.7 Å². The third-order valence-corrected chi connectivity index (χ3v) is 5.15. The van der Waals surface area contributed by atoms with Crippen LogP contribution in [0.25, 0.3) is 0 Å². The minimum absolute atomic E-state index is 0.0911. The van der Waals surface area contributed by atoms with E-state index in [4.69, 9.17) is 11.6 Å². The van der Waals surface area contributed by atoms with Crippen molar-refractivity contribution in [2.24, 2.45) is 5.10 Å². The number of nitrogens with one attached hydrogen (secondary N) is 1. The fourth-order valence-corrected chi connectivity index (χ4v) is 3.14. The van der Waals surface area contributed by atoms with Gasteiger partial charge in [-0.15, -0.1) is 0 Å². The number of hydrogen-bond donors (Lipinski definition) is 1. The zero-order valence-electron chi connectivity index (χ0n) is 14.1. The molecule has 1 aromatic carbocycles. The maximum absolute atomic E-state index is 12.5. The minimum Gasteiger partial charge on any atom is -0.272 e. The Labute approximate surface area is 166 Å². The lowest BCUT2D eigenvalue weighted by Gasteiger charge is -2.07. The molecule has 1 amide bonds. The van der Waals surface area contributed by atoms with Crippen LogP contribution in [0.3, 0.4) is 0 Å². The van der Waals surface area contributed by atoms with Crippen LogP contribution in [0.4, 0.5) is 18.9 Å². The number of nitro groups is 1. The Morgan fingerprint density at radius 3 is 2.55 bits per heavy atom. The third kappa shape index (κ3) is 5.96. The quantitative estimate of drug-likeness (QED) is 0.408. The average molecular weight is 451 g/mol. The maximum atomic E-state index is 12.5. The molecular weight excluding hydrogens is 441 g/mol. The van der Waals surface area contributed by atoms with Crippen LogP contribution in [0.2, 0.25) is 5.02 Å². The lowest BCUT2D eigenvalue weighted by Crippen LogP contribution is -2.27. The molecule has 1 aromatic heterocycles. The van der Waals surface area contributed by atoms with E-state index in [1.54, 1.807) is 0 Å². The first-order chi connectivity index (χ1) is 13.4. The highest BCUT2D eigenvalue weighted by molar-refractivity contribution is 7.92. The normalized spacial score (nSPS) is 12.1. The highest BCUT2D eigenvalue weighted by Crippen LogP contribution is 2.28. The number of nitro benzene ring substituents is 1. The Morgan fingerprint density at radius 1 is 1.31 bits per heavy atom. The van der Waals surface area contributed by atoms with E-state index < -0.39 is 43.2 Å². The summed E-state index contributed by atoms with van der Waals surface area (Å²) in [6.07, 6.45) is -3.38. The lowest BCUT2D eigenvalue weighted by atomic mass is 10.2. The van der Waals surface area contributed by atoms with E-state index in [2.05, 4.69) is 10.1 Å². The molecule has 0 fully saturated rings. The van der Waals surface area contributed by atoms with Crippen molar-refractivity contribution in [1.82, 2.24) is 10.4 Å². The van der Waals surface area contributed by atoms with Crippen LogP contribution in [-0.2, 0) is 20.8 Å². The van der Waals surface area contributed by atoms with Crippen molar-refractivity contribution in [3.8, 4) is 0 Å². The molecule has 0 atom stereocenters. The molecule has 0 aliphatic rings. The number of halogens is 4. The summed E-state index contributed by atoms with van der Waals surface area (Å²) in [6, 6.07) is 4.64. The first kappa shape index (κ1) is 22.2. The summed E-state index contributed by atoms with van der Waals surface area (Å²) in [6.45, 7) is 0. The van der Waals surface area contributed by atoms with Gasteiger partial charge in [0.25, 0.3) is 11.6 Å². The minimum atomic E-state index is -4.69. The van der Waals surface area contributed by atoms with Gasteiger partial charge < -0.3 is 0 Å². The number of hydrazone groups is 1. The predicted molar refractivity (Wildman–Crippen MR) is 95.1 cm³/mol. The van der Waals surface area contributed by atoms with Gasteiger partial charge in [-0.1, -0.05) is 11.6 Å². The van der Waals surface area contributed by atoms with Gasteiger partial charge in [-0.05, 0) is 18.2 Å². The van der Waals surface area contributed by atoms with Gasteiger partial charge in [0, 0.05) is 28.9 Å². The molecule has 0 aliphatic carbocycles. The molecule has 0 bridgehead atoms. The van der Waals surface area contributed by atoms with Gasteiger partial charge in [-0.2, -0.15) is 18.3 Å². The molecule has 1 N–H and O–H groups in total. The molecule has 2 rings (SSSR count). The number of pyridine rings is 1. The Hall–Kier alpha value is -3.06. The van der Waals surface area contributed by atoms with Crippen molar-refractivity contribution >= 4 is 39.2 Å². The average Bonchev–Trinajstić information content (AvgIpc) is 2.62. The van der Waals surface area contributed by atoms with Crippen molar-refractivity contribution in [2.45, 2.75) is 11.2 Å². The molecular formula is C15H10ClF3N4O5S. The lowest BCUT2D eigenvalue weighted by molar-refractivity contribution is -0.384. The van der Waals surface area contributed by atoms with E-state index in [0.717, 1.165) is 18.3 Å². The molecule has 2 aromatic rings. The van der Waals surface area contributed by atoms with Crippen LogP contribution in [0, 0.1) is 10.1 Å². The Morgan fingerprint density at radius 2 is 2.00 bits per heavy atom. The van der Waals surface area contributed by atoms with Crippen molar-refractivity contribution in [3.63, 3.8) is 0 Å². The van der Waals surface area contributed by atoms with Crippen LogP contribution in [0.5, 0.6) is 0 Å². The number of aromatic nitrogens is 1. The summed E-state index contributed by atoms with van der Waals surface area (Å²) in [5.74, 6) is -2.24. The summed E-state index contributed by atoms with van der Waals surface area (Å²) < 4.78 is 61.6. The van der Waals surface area contributed by atoms with E-state index >= 15 is 0 Å². The van der Waals surface area contributed by atoms with Crippen molar-refractivity contribution < 1.29 is 31.3 Å². The molecule has 154 valence electrons. The van der Waals surface area contributed by atoms with Crippen LogP contribution < -0.4 is 5.43 Å². The fourth-order valence-electron chi connectivity index (χ4n) is 1.93. The molecule has 1 heterocycles. The first-order valence-corrected chi connectivity index (χ1v) is 9.45. The summed E-state index contributed by atoms with van der Waals surface area (Å²) >= 11 is 5.84. The Bertz CT molecular complexity index is 1070. The zero-order valence-corrected chi connectivity index (χ0v) is 15.6. The molecule has 29 heavy (non-hydrogen) atoms. The standard InChI is InChI=1S/C15H10ClF3N4O5S/c16-12-3-2-11(23(25)26)5-9(12)6-21-22-13(24)8-29(27,28)14-4-1-10(7-20-14)15(17,18)19/h1-7H,8H2,(H,22,24)/b21-6+. The molecule has 14 heteroatoms. The van der Waals surface area contributed by atoms with Gasteiger partial charge in [0.1, 0.15) is 5.75 Å². The smallest absolute Gasteiger partial charge is 0.272 e. The zero-order chi connectivity index (χ0) is 21.8. The SMILES string of the molecule is O=C(CS(=O)(=O)c1ccc(C(F)(F)F)cn1)N/N=C/c1cc([N+](=O)[O-])ccc1Cl. The maximum Gasteiger partial charge on any atom is 0.417 e. The first-order valence-electron chi connectivity index (χ1n) is 7.42. The fraction of sp³-hybridized carbons (Fsp3) is 0.133. The van der Waals surface area contributed by atoms with E-state index in [0.29, 0.717) is 18.3 Å². The van der Waals surface area contributed by atoms with Gasteiger partial charge in [-0.25, -0.2) is 18.8 Å². The second kappa shape index (κ2) is 8.53. The van der Waals surface area contributed by atoms with Gasteiger partial charge in [0.2, 0.25) is 9.84 Å². The number of carbonyl (C=O) groups is 1. The second-order valence-corrected chi connectivity index (χ2v) is 7.74. The van der Waals surface area contributed by atoms with E-state index in [9.17, 15) is 36.5 Å². The van der Waals surface area contributed by atoms with E-state index in [1.807, 2.05) is 5.43 Å². The molecule has 0 saturated carbocycles. The number of rotatable bonds is 6. The van der Waals surface area contributed by atoms with Gasteiger partial charge in [-0.3, -0.25) is 14.9 Å². The van der Waals surface area contributed by atoms with Crippen LogP contribution >= 0.6 is 11.6 Å². The van der Waals surface area contributed by atoms with E-state index in [-0.39, 0.29) is 16.3 Å². The van der Waals surface area contributed by atoms with E-state index in [1.165, 1.54) is 6.07 Å². The van der Waals surface area contributed by atoms with Crippen LogP contribution in [-0.4, -0.2) is 36.2 Å². The van der Waals surface area contributed by atoms with Crippen molar-refractivity contribution in [3.05, 3.63) is 62.8 Å². The van der Waals surface area contributed by atoms with Gasteiger partial charge >= 0.3 is 6.18 Å².